The molecule has 0 aromatic carbocycles. The molecule has 3 aliphatic rings. The van der Waals surface area contributed by atoms with Gasteiger partial charge >= 0.3 is 6.09 Å². The lowest BCUT2D eigenvalue weighted by atomic mass is 9.66. The summed E-state index contributed by atoms with van der Waals surface area (Å²) in [5.41, 5.74) is 0. The van der Waals surface area contributed by atoms with E-state index in [-0.39, 0.29) is 0 Å². The zero-order valence-corrected chi connectivity index (χ0v) is 10.4. The summed E-state index contributed by atoms with van der Waals surface area (Å²) >= 11 is 0. The Kier molecular flexibility index (Phi) is 3.21. The second-order valence-electron chi connectivity index (χ2n) is 4.76. The van der Waals surface area contributed by atoms with Crippen LogP contribution in [0.15, 0.2) is 12.2 Å². The number of carbonyl (C=O) groups is 3. The summed E-state index contributed by atoms with van der Waals surface area (Å²) in [7, 11) is 1.19. The van der Waals surface area contributed by atoms with Gasteiger partial charge in [0.05, 0.1) is 13.2 Å². The third-order valence-electron chi connectivity index (χ3n) is 3.95. The van der Waals surface area contributed by atoms with Crippen LogP contribution >= 0.6 is 0 Å². The standard InChI is InChI=1S/C12H15NO6/c1-5-6-3-4-7(13(5)12(18)19-2)9(11(16)17)8(6)10(14)15/h3-9H,1-2H3,(H,14,15)(H,16,17)/p-2/t5-,6-,7-,8-,9-/m1/s1. The lowest BCUT2D eigenvalue weighted by molar-refractivity contribution is -0.332. The molecule has 1 amide bonds. The molecule has 0 radical (unpaired) electrons. The number of ether oxygens (including phenoxy) is 1. The van der Waals surface area contributed by atoms with Crippen molar-refractivity contribution in [3.63, 3.8) is 0 Å². The number of methoxy groups -OCH3 is 1. The topological polar surface area (TPSA) is 110 Å². The highest BCUT2D eigenvalue weighted by molar-refractivity contribution is 5.82. The molecule has 1 aliphatic carbocycles. The van der Waals surface area contributed by atoms with Gasteiger partial charge in [0.25, 0.3) is 0 Å². The van der Waals surface area contributed by atoms with Crippen molar-refractivity contribution in [2.75, 3.05) is 7.11 Å². The molecule has 0 unspecified atom stereocenters. The number of aliphatic carboxylic acids is 2. The summed E-state index contributed by atoms with van der Waals surface area (Å²) < 4.78 is 4.61. The number of piperidine rings is 1. The molecule has 3 rings (SSSR count). The Morgan fingerprint density at radius 2 is 1.68 bits per heavy atom. The lowest BCUT2D eigenvalue weighted by Gasteiger charge is -2.54. The molecule has 2 bridgehead atoms. The van der Waals surface area contributed by atoms with Gasteiger partial charge in [-0.25, -0.2) is 4.79 Å². The van der Waals surface area contributed by atoms with Crippen molar-refractivity contribution in [2.24, 2.45) is 17.8 Å². The Bertz CT molecular complexity index is 459. The summed E-state index contributed by atoms with van der Waals surface area (Å²) in [5.74, 6) is -6.09. The van der Waals surface area contributed by atoms with Gasteiger partial charge in [0.15, 0.2) is 0 Å². The average Bonchev–Trinajstić information content (AvgIpc) is 2.37. The maximum Gasteiger partial charge on any atom is 0.410 e. The van der Waals surface area contributed by atoms with E-state index in [1.54, 1.807) is 13.0 Å². The second kappa shape index (κ2) is 4.56. The van der Waals surface area contributed by atoms with Crippen LogP contribution in [0, 0.1) is 17.8 Å². The van der Waals surface area contributed by atoms with E-state index in [0.29, 0.717) is 0 Å². The van der Waals surface area contributed by atoms with Gasteiger partial charge in [-0.05, 0) is 6.92 Å². The fourth-order valence-corrected chi connectivity index (χ4v) is 3.10. The van der Waals surface area contributed by atoms with E-state index in [1.165, 1.54) is 18.1 Å². The first-order valence-electron chi connectivity index (χ1n) is 5.86. The number of carboxylic acids is 2. The van der Waals surface area contributed by atoms with Gasteiger partial charge in [0.2, 0.25) is 0 Å². The van der Waals surface area contributed by atoms with Crippen LogP contribution in [-0.4, -0.2) is 42.1 Å². The quantitative estimate of drug-likeness (QED) is 0.522. The molecule has 0 saturated carbocycles. The lowest BCUT2D eigenvalue weighted by Crippen LogP contribution is -2.67. The molecule has 2 aliphatic heterocycles. The molecule has 19 heavy (non-hydrogen) atoms. The van der Waals surface area contributed by atoms with Crippen LogP contribution in [0.3, 0.4) is 0 Å². The van der Waals surface area contributed by atoms with Gasteiger partial charge in [0.1, 0.15) is 0 Å². The van der Waals surface area contributed by atoms with Crippen LogP contribution in [-0.2, 0) is 14.3 Å². The van der Waals surface area contributed by atoms with Crippen molar-refractivity contribution in [3.8, 4) is 0 Å². The summed E-state index contributed by atoms with van der Waals surface area (Å²) in [4.78, 5) is 35.3. The van der Waals surface area contributed by atoms with E-state index in [1.807, 2.05) is 0 Å². The van der Waals surface area contributed by atoms with Crippen LogP contribution < -0.4 is 10.2 Å². The summed E-state index contributed by atoms with van der Waals surface area (Å²) in [5, 5.41) is 22.4. The zero-order valence-electron chi connectivity index (χ0n) is 10.4. The van der Waals surface area contributed by atoms with Gasteiger partial charge in [-0.1, -0.05) is 12.2 Å². The highest BCUT2D eigenvalue weighted by atomic mass is 16.5. The van der Waals surface area contributed by atoms with E-state index < -0.39 is 47.9 Å². The fourth-order valence-electron chi connectivity index (χ4n) is 3.10. The molecule has 0 aromatic heterocycles. The van der Waals surface area contributed by atoms with E-state index >= 15 is 0 Å². The van der Waals surface area contributed by atoms with Crippen LogP contribution in [0.4, 0.5) is 4.79 Å². The van der Waals surface area contributed by atoms with Gasteiger partial charge in [-0.2, -0.15) is 0 Å². The molecule has 1 saturated heterocycles. The minimum absolute atomic E-state index is 0.471. The van der Waals surface area contributed by atoms with Crippen LogP contribution in [0.25, 0.3) is 0 Å². The number of hydrogen-bond donors (Lipinski definition) is 0. The van der Waals surface area contributed by atoms with E-state index in [9.17, 15) is 24.6 Å². The normalized spacial score (nSPS) is 36.1. The van der Waals surface area contributed by atoms with Crippen molar-refractivity contribution < 1.29 is 29.3 Å². The predicted molar refractivity (Wildman–Crippen MR) is 57.1 cm³/mol. The van der Waals surface area contributed by atoms with Crippen molar-refractivity contribution in [1.29, 1.82) is 0 Å². The third-order valence-corrected chi connectivity index (χ3v) is 3.95. The minimum atomic E-state index is -1.51. The van der Waals surface area contributed by atoms with Crippen molar-refractivity contribution >= 4 is 18.0 Å². The second-order valence-corrected chi connectivity index (χ2v) is 4.76. The van der Waals surface area contributed by atoms with Crippen LogP contribution in [0.2, 0.25) is 0 Å². The molecule has 5 atom stereocenters. The first-order chi connectivity index (χ1) is 8.90. The highest BCUT2D eigenvalue weighted by Crippen LogP contribution is 2.42. The SMILES string of the molecule is COC(=O)N1[C@H](C)[C@H]2C=C[C@@H]1[C@@H](C(=O)[O-])[C@@H]2C(=O)[O-]. The Hall–Kier alpha value is -2.05. The van der Waals surface area contributed by atoms with Gasteiger partial charge < -0.3 is 24.5 Å². The predicted octanol–water partition coefficient (Wildman–Crippen LogP) is -2.26. The molecular weight excluding hydrogens is 254 g/mol. The number of amides is 1. The van der Waals surface area contributed by atoms with Crippen molar-refractivity contribution in [1.82, 2.24) is 4.90 Å². The molecular formula is C12H13NO6-2. The number of fused-ring (bicyclic) bond motifs is 2. The largest absolute Gasteiger partial charge is 0.550 e. The number of carboxylic acid groups (broad SMARTS) is 2. The molecule has 7 heteroatoms. The van der Waals surface area contributed by atoms with Crippen LogP contribution in [0.1, 0.15) is 6.92 Å². The smallest absolute Gasteiger partial charge is 0.410 e. The molecule has 7 nitrogen and oxygen atoms in total. The van der Waals surface area contributed by atoms with E-state index in [2.05, 4.69) is 4.74 Å². The summed E-state index contributed by atoms with van der Waals surface area (Å²) in [6, 6.07) is -1.36. The summed E-state index contributed by atoms with van der Waals surface area (Å²) in [6.45, 7) is 1.65. The first-order valence-corrected chi connectivity index (χ1v) is 5.86. The Labute approximate surface area is 109 Å². The van der Waals surface area contributed by atoms with Gasteiger partial charge in [-0.3, -0.25) is 4.90 Å². The average molecular weight is 267 g/mol. The maximum atomic E-state index is 11.7. The van der Waals surface area contributed by atoms with E-state index in [0.717, 1.165) is 0 Å². The summed E-state index contributed by atoms with van der Waals surface area (Å²) in [6.07, 6.45) is 2.45. The molecule has 0 aromatic rings. The minimum Gasteiger partial charge on any atom is -0.550 e. The van der Waals surface area contributed by atoms with E-state index in [4.69, 9.17) is 0 Å². The van der Waals surface area contributed by atoms with Crippen molar-refractivity contribution in [3.05, 3.63) is 12.2 Å². The third kappa shape index (κ3) is 1.85. The molecule has 2 heterocycles. The molecule has 0 spiro atoms. The fraction of sp³-hybridized carbons (Fsp3) is 0.583. The molecule has 1 fully saturated rings. The number of nitrogens with zero attached hydrogens (tertiary/aromatic N) is 1. The number of rotatable bonds is 2. The van der Waals surface area contributed by atoms with Crippen LogP contribution in [0.5, 0.6) is 0 Å². The first kappa shape index (κ1) is 13.4. The highest BCUT2D eigenvalue weighted by Gasteiger charge is 2.51. The van der Waals surface area contributed by atoms with Gasteiger partial charge in [0, 0.05) is 35.7 Å². The Morgan fingerprint density at radius 1 is 1.11 bits per heavy atom. The molecule has 104 valence electrons. The number of hydrogen-bond acceptors (Lipinski definition) is 6. The Balaban J connectivity index is 2.45. The maximum absolute atomic E-state index is 11.7. The molecule has 0 N–H and O–H groups in total. The Morgan fingerprint density at radius 3 is 2.16 bits per heavy atom. The van der Waals surface area contributed by atoms with Gasteiger partial charge in [-0.15, -0.1) is 0 Å². The van der Waals surface area contributed by atoms with Crippen molar-refractivity contribution in [2.45, 2.75) is 19.0 Å². The zero-order chi connectivity index (χ0) is 14.3. The monoisotopic (exact) mass is 267 g/mol. The number of carbonyl (C=O) groups excluding carboxylic acids is 3.